The van der Waals surface area contributed by atoms with Gasteiger partial charge in [-0.1, -0.05) is 73.6 Å². The van der Waals surface area contributed by atoms with Crippen molar-refractivity contribution in [2.45, 2.75) is 50.4 Å². The van der Waals surface area contributed by atoms with Gasteiger partial charge in [-0.2, -0.15) is 0 Å². The summed E-state index contributed by atoms with van der Waals surface area (Å²) in [5.74, 6) is 0.112. The predicted octanol–water partition coefficient (Wildman–Crippen LogP) is 5.71. The molecule has 1 aliphatic carbocycles. The molecule has 2 N–H and O–H groups in total. The van der Waals surface area contributed by atoms with Crippen LogP contribution in [0.3, 0.4) is 0 Å². The summed E-state index contributed by atoms with van der Waals surface area (Å²) in [7, 11) is 0. The first-order valence-corrected chi connectivity index (χ1v) is 12.3. The van der Waals surface area contributed by atoms with Gasteiger partial charge in [-0.3, -0.25) is 9.59 Å². The number of aromatic amines is 1. The molecule has 0 bridgehead atoms. The molecule has 2 aromatic carbocycles. The highest BCUT2D eigenvalue weighted by Crippen LogP contribution is 2.47. The van der Waals surface area contributed by atoms with Gasteiger partial charge in [-0.05, 0) is 36.0 Å². The Balaban J connectivity index is 1.59. The molecule has 7 heteroatoms. The maximum absolute atomic E-state index is 14.1. The van der Waals surface area contributed by atoms with Gasteiger partial charge in [-0.25, -0.2) is 9.37 Å². The summed E-state index contributed by atoms with van der Waals surface area (Å²) in [5.41, 5.74) is 3.99. The predicted molar refractivity (Wildman–Crippen MR) is 133 cm³/mol. The van der Waals surface area contributed by atoms with E-state index in [9.17, 15) is 14.0 Å². The van der Waals surface area contributed by atoms with E-state index in [2.05, 4.69) is 24.1 Å². The number of benzene rings is 2. The van der Waals surface area contributed by atoms with Crippen LogP contribution in [0.5, 0.6) is 0 Å². The summed E-state index contributed by atoms with van der Waals surface area (Å²) >= 11 is 1.27. The fourth-order valence-electron chi connectivity index (χ4n) is 4.91. The Labute approximate surface area is 201 Å². The molecule has 1 atom stereocenters. The molecule has 0 saturated heterocycles. The minimum atomic E-state index is -0.475. The number of allylic oxidation sites excluding steroid dienone is 2. The zero-order valence-electron chi connectivity index (χ0n) is 19.4. The number of hydrogen-bond acceptors (Lipinski definition) is 5. The van der Waals surface area contributed by atoms with E-state index in [1.807, 2.05) is 31.2 Å². The number of hydrogen-bond donors (Lipinski definition) is 2. The van der Waals surface area contributed by atoms with Crippen LogP contribution >= 0.6 is 11.8 Å². The van der Waals surface area contributed by atoms with Crippen molar-refractivity contribution in [1.29, 1.82) is 0 Å². The van der Waals surface area contributed by atoms with Crippen LogP contribution in [0.1, 0.15) is 54.9 Å². The number of carbonyl (C=O) groups excluding carboxylic acids is 1. The van der Waals surface area contributed by atoms with Crippen molar-refractivity contribution < 1.29 is 9.18 Å². The van der Waals surface area contributed by atoms with Crippen LogP contribution in [0.15, 0.2) is 69.8 Å². The van der Waals surface area contributed by atoms with E-state index in [-0.39, 0.29) is 22.6 Å². The first kappa shape index (κ1) is 22.6. The lowest BCUT2D eigenvalue weighted by molar-refractivity contribution is -0.118. The number of ketones is 1. The molecule has 0 amide bonds. The second-order valence-electron chi connectivity index (χ2n) is 9.82. The summed E-state index contributed by atoms with van der Waals surface area (Å²) in [4.78, 5) is 34.3. The summed E-state index contributed by atoms with van der Waals surface area (Å²) in [5, 5.41) is 3.74. The van der Waals surface area contributed by atoms with Crippen molar-refractivity contribution in [3.05, 3.63) is 98.2 Å². The standard InChI is InChI=1S/C27H26FN3O2S/c1-15-7-6-9-16(11-15)21-22-19(12-27(2,3)13-20(22)32)29-24-23(21)25(33)31-26(30-24)34-14-17-8-4-5-10-18(17)28/h4-11,21H,12-14H2,1-3H3,(H2,29,30,31,33)/t21-/m0/s1. The molecule has 0 unspecified atom stereocenters. The molecule has 0 saturated carbocycles. The smallest absolute Gasteiger partial charge is 0.257 e. The fraction of sp³-hybridized carbons (Fsp3) is 0.296. The number of H-pyrrole nitrogens is 1. The number of nitrogens with one attached hydrogen (secondary N) is 2. The number of rotatable bonds is 4. The molecule has 5 nitrogen and oxygen atoms in total. The summed E-state index contributed by atoms with van der Waals surface area (Å²) in [6.07, 6.45) is 1.13. The van der Waals surface area contributed by atoms with Gasteiger partial charge in [0.05, 0.1) is 5.56 Å². The van der Waals surface area contributed by atoms with E-state index >= 15 is 0 Å². The summed E-state index contributed by atoms with van der Waals surface area (Å²) in [6, 6.07) is 14.5. The van der Waals surface area contributed by atoms with Gasteiger partial charge in [0.2, 0.25) is 0 Å². The lowest BCUT2D eigenvalue weighted by atomic mass is 9.69. The Hall–Kier alpha value is -3.19. The Morgan fingerprint density at radius 3 is 2.68 bits per heavy atom. The van der Waals surface area contributed by atoms with Crippen LogP contribution < -0.4 is 10.9 Å². The zero-order valence-corrected chi connectivity index (χ0v) is 20.2. The van der Waals surface area contributed by atoms with Gasteiger partial charge in [0, 0.05) is 29.4 Å². The Morgan fingerprint density at radius 1 is 1.12 bits per heavy atom. The molecule has 2 heterocycles. The molecule has 0 fully saturated rings. The lowest BCUT2D eigenvalue weighted by Crippen LogP contribution is -2.37. The largest absolute Gasteiger partial charge is 0.343 e. The Morgan fingerprint density at radius 2 is 1.91 bits per heavy atom. The van der Waals surface area contributed by atoms with E-state index < -0.39 is 5.92 Å². The summed E-state index contributed by atoms with van der Waals surface area (Å²) < 4.78 is 14.1. The van der Waals surface area contributed by atoms with Gasteiger partial charge < -0.3 is 10.3 Å². The van der Waals surface area contributed by atoms with Gasteiger partial charge in [-0.15, -0.1) is 0 Å². The van der Waals surface area contributed by atoms with E-state index in [4.69, 9.17) is 4.98 Å². The lowest BCUT2D eigenvalue weighted by Gasteiger charge is -2.38. The molecule has 2 aliphatic rings. The van der Waals surface area contributed by atoms with Crippen LogP contribution in [-0.4, -0.2) is 15.8 Å². The van der Waals surface area contributed by atoms with Gasteiger partial charge in [0.15, 0.2) is 10.9 Å². The second kappa shape index (κ2) is 8.55. The third-order valence-electron chi connectivity index (χ3n) is 6.40. The van der Waals surface area contributed by atoms with E-state index in [1.165, 1.54) is 17.8 Å². The number of aromatic nitrogens is 2. The first-order chi connectivity index (χ1) is 16.2. The van der Waals surface area contributed by atoms with Crippen molar-refractivity contribution in [2.75, 3.05) is 5.32 Å². The molecular formula is C27H26FN3O2S. The number of halogens is 1. The average molecular weight is 476 g/mol. The molecule has 1 aliphatic heterocycles. The zero-order chi connectivity index (χ0) is 24.0. The maximum atomic E-state index is 14.1. The van der Waals surface area contributed by atoms with Crippen molar-refractivity contribution in [3.8, 4) is 0 Å². The fourth-order valence-corrected chi connectivity index (χ4v) is 5.75. The van der Waals surface area contributed by atoms with Crippen molar-refractivity contribution >= 4 is 23.4 Å². The quantitative estimate of drug-likeness (QED) is 0.373. The molecule has 174 valence electrons. The van der Waals surface area contributed by atoms with Crippen LogP contribution in [0.4, 0.5) is 10.2 Å². The van der Waals surface area contributed by atoms with Crippen LogP contribution in [0.25, 0.3) is 0 Å². The van der Waals surface area contributed by atoms with Crippen molar-refractivity contribution in [1.82, 2.24) is 9.97 Å². The number of fused-ring (bicyclic) bond motifs is 1. The van der Waals surface area contributed by atoms with Gasteiger partial charge in [0.25, 0.3) is 5.56 Å². The maximum Gasteiger partial charge on any atom is 0.257 e. The van der Waals surface area contributed by atoms with Crippen molar-refractivity contribution in [3.63, 3.8) is 0 Å². The number of nitrogens with zero attached hydrogens (tertiary/aromatic N) is 1. The SMILES string of the molecule is Cc1cccc([C@H]2C3=C(CC(C)(C)CC3=O)Nc3nc(SCc4ccccc4F)[nH]c(=O)c32)c1. The molecule has 0 spiro atoms. The Bertz CT molecular complexity index is 1390. The summed E-state index contributed by atoms with van der Waals surface area (Å²) in [6.45, 7) is 6.15. The average Bonchev–Trinajstić information content (AvgIpc) is 2.76. The minimum absolute atomic E-state index is 0.0633. The van der Waals surface area contributed by atoms with E-state index in [1.54, 1.807) is 18.2 Å². The normalized spacial score (nSPS) is 18.8. The molecule has 5 rings (SSSR count). The number of anilines is 1. The molecular weight excluding hydrogens is 449 g/mol. The highest BCUT2D eigenvalue weighted by atomic mass is 32.2. The third kappa shape index (κ3) is 4.20. The highest BCUT2D eigenvalue weighted by Gasteiger charge is 2.42. The van der Waals surface area contributed by atoms with Gasteiger partial charge in [0.1, 0.15) is 11.6 Å². The monoisotopic (exact) mass is 475 g/mol. The van der Waals surface area contributed by atoms with E-state index in [0.717, 1.165) is 16.8 Å². The number of thioether (sulfide) groups is 1. The number of aryl methyl sites for hydroxylation is 1. The van der Waals surface area contributed by atoms with Crippen LogP contribution in [-0.2, 0) is 10.5 Å². The van der Waals surface area contributed by atoms with Crippen LogP contribution in [0.2, 0.25) is 0 Å². The topological polar surface area (TPSA) is 74.8 Å². The Kier molecular flexibility index (Phi) is 5.68. The highest BCUT2D eigenvalue weighted by molar-refractivity contribution is 7.98. The number of Topliss-reactive ketones (excluding diaryl/α,β-unsaturated/α-hetero) is 1. The molecule has 0 radical (unpaired) electrons. The molecule has 34 heavy (non-hydrogen) atoms. The third-order valence-corrected chi connectivity index (χ3v) is 7.32. The molecule has 1 aromatic heterocycles. The van der Waals surface area contributed by atoms with Crippen molar-refractivity contribution in [2.24, 2.45) is 5.41 Å². The van der Waals surface area contributed by atoms with E-state index in [0.29, 0.717) is 46.3 Å². The first-order valence-electron chi connectivity index (χ1n) is 11.3. The second-order valence-corrected chi connectivity index (χ2v) is 10.8. The minimum Gasteiger partial charge on any atom is -0.343 e. The van der Waals surface area contributed by atoms with Crippen LogP contribution in [0, 0.1) is 18.2 Å². The molecule has 3 aromatic rings. The van der Waals surface area contributed by atoms with Gasteiger partial charge >= 0.3 is 0 Å². The number of carbonyl (C=O) groups is 1.